The number of hydrogen-bond acceptors (Lipinski definition) is 4. The van der Waals surface area contributed by atoms with Crippen LogP contribution in [0.4, 0.5) is 0 Å². The second-order valence-corrected chi connectivity index (χ2v) is 7.15. The van der Waals surface area contributed by atoms with Crippen molar-refractivity contribution in [2.75, 3.05) is 32.8 Å². The molecule has 0 amide bonds. The van der Waals surface area contributed by atoms with Gasteiger partial charge in [0, 0.05) is 36.3 Å². The van der Waals surface area contributed by atoms with Crippen LogP contribution in [0.2, 0.25) is 5.02 Å². The number of benzene rings is 1. The Morgan fingerprint density at radius 3 is 2.79 bits per heavy atom. The summed E-state index contributed by atoms with van der Waals surface area (Å²) in [5, 5.41) is 9.47. The van der Waals surface area contributed by atoms with E-state index < -0.39 is 5.97 Å². The summed E-state index contributed by atoms with van der Waals surface area (Å²) in [5.74, 6) is -0.356. The molecule has 1 N–H and O–H groups in total. The van der Waals surface area contributed by atoms with E-state index in [-0.39, 0.29) is 6.61 Å². The highest BCUT2D eigenvalue weighted by molar-refractivity contribution is 6.30. The van der Waals surface area contributed by atoms with E-state index in [4.69, 9.17) is 21.4 Å². The van der Waals surface area contributed by atoms with Gasteiger partial charge in [-0.25, -0.2) is 4.79 Å². The van der Waals surface area contributed by atoms with Gasteiger partial charge in [0.1, 0.15) is 5.75 Å². The van der Waals surface area contributed by atoms with Crippen molar-refractivity contribution in [3.8, 4) is 5.75 Å². The van der Waals surface area contributed by atoms with Crippen molar-refractivity contribution in [2.45, 2.75) is 38.3 Å². The Morgan fingerprint density at radius 2 is 2.04 bits per heavy atom. The van der Waals surface area contributed by atoms with Crippen LogP contribution in [0, 0.1) is 0 Å². The predicted octanol–water partition coefficient (Wildman–Crippen LogP) is 2.86. The topological polar surface area (TPSA) is 53.0 Å². The number of nitrogens with zero attached hydrogens (tertiary/aromatic N) is 2. The molecule has 1 aromatic rings. The third-order valence-electron chi connectivity index (χ3n) is 4.92. The third kappa shape index (κ3) is 4.62. The predicted molar refractivity (Wildman–Crippen MR) is 93.7 cm³/mol. The van der Waals surface area contributed by atoms with Crippen LogP contribution >= 0.6 is 11.6 Å². The van der Waals surface area contributed by atoms with Crippen LogP contribution in [0.1, 0.15) is 31.2 Å². The lowest BCUT2D eigenvalue weighted by atomic mass is 10.1. The van der Waals surface area contributed by atoms with E-state index in [1.807, 2.05) is 6.07 Å². The number of rotatable bonds is 6. The summed E-state index contributed by atoms with van der Waals surface area (Å²) in [6.07, 6.45) is 5.20. The van der Waals surface area contributed by atoms with Crippen molar-refractivity contribution in [3.63, 3.8) is 0 Å². The molecule has 0 unspecified atom stereocenters. The fourth-order valence-electron chi connectivity index (χ4n) is 3.73. The Balaban J connectivity index is 1.61. The van der Waals surface area contributed by atoms with Crippen LogP contribution in [-0.4, -0.2) is 59.7 Å². The van der Waals surface area contributed by atoms with Gasteiger partial charge >= 0.3 is 5.97 Å². The highest BCUT2D eigenvalue weighted by Gasteiger charge is 2.28. The maximum absolute atomic E-state index is 10.7. The Labute approximate surface area is 148 Å². The minimum absolute atomic E-state index is 0.328. The SMILES string of the molecule is O=C(O)COc1ccc(Cl)cc1CN1CC[C@@H](N2CCCCC2)C1. The lowest BCUT2D eigenvalue weighted by molar-refractivity contribution is -0.139. The summed E-state index contributed by atoms with van der Waals surface area (Å²) in [5.41, 5.74) is 0.961. The molecule has 5 nitrogen and oxygen atoms in total. The Hall–Kier alpha value is -1.30. The number of carbonyl (C=O) groups is 1. The third-order valence-corrected chi connectivity index (χ3v) is 5.16. The first-order valence-corrected chi connectivity index (χ1v) is 9.09. The molecule has 2 heterocycles. The fourth-order valence-corrected chi connectivity index (χ4v) is 3.92. The van der Waals surface area contributed by atoms with Crippen LogP contribution in [0.3, 0.4) is 0 Å². The Morgan fingerprint density at radius 1 is 1.25 bits per heavy atom. The minimum Gasteiger partial charge on any atom is -0.482 e. The molecule has 2 fully saturated rings. The van der Waals surface area contributed by atoms with E-state index in [0.29, 0.717) is 16.8 Å². The van der Waals surface area contributed by atoms with Crippen LogP contribution < -0.4 is 4.74 Å². The second-order valence-electron chi connectivity index (χ2n) is 6.71. The van der Waals surface area contributed by atoms with Gasteiger partial charge in [-0.05, 0) is 50.6 Å². The lowest BCUT2D eigenvalue weighted by Gasteiger charge is -2.32. The smallest absolute Gasteiger partial charge is 0.341 e. The van der Waals surface area contributed by atoms with Crippen molar-refractivity contribution in [3.05, 3.63) is 28.8 Å². The number of carboxylic acids is 1. The molecule has 0 radical (unpaired) electrons. The molecule has 0 bridgehead atoms. The number of carboxylic acid groups (broad SMARTS) is 1. The molecule has 24 heavy (non-hydrogen) atoms. The first kappa shape index (κ1) is 17.5. The van der Waals surface area contributed by atoms with Gasteiger partial charge in [-0.2, -0.15) is 0 Å². The zero-order chi connectivity index (χ0) is 16.9. The molecular weight excluding hydrogens is 328 g/mol. The standard InChI is InChI=1S/C18H25ClN2O3/c19-15-4-5-17(24-13-18(22)23)14(10-15)11-20-9-6-16(12-20)21-7-2-1-3-8-21/h4-5,10,16H,1-3,6-9,11-13H2,(H,22,23)/t16-/m1/s1. The molecule has 2 saturated heterocycles. The highest BCUT2D eigenvalue weighted by Crippen LogP contribution is 2.27. The summed E-state index contributed by atoms with van der Waals surface area (Å²) in [6.45, 7) is 4.99. The summed E-state index contributed by atoms with van der Waals surface area (Å²) < 4.78 is 5.41. The molecule has 2 aliphatic heterocycles. The lowest BCUT2D eigenvalue weighted by Crippen LogP contribution is -2.40. The zero-order valence-corrected chi connectivity index (χ0v) is 14.7. The molecule has 0 aromatic heterocycles. The summed E-state index contributed by atoms with van der Waals surface area (Å²) in [4.78, 5) is 15.8. The molecule has 1 atom stereocenters. The molecular formula is C18H25ClN2O3. The average Bonchev–Trinajstić information content (AvgIpc) is 3.03. The monoisotopic (exact) mass is 352 g/mol. The number of aliphatic carboxylic acids is 1. The molecule has 3 rings (SSSR count). The summed E-state index contributed by atoms with van der Waals surface area (Å²) in [6, 6.07) is 6.03. The number of piperidine rings is 1. The van der Waals surface area contributed by atoms with Gasteiger partial charge in [0.15, 0.2) is 6.61 Å². The molecule has 0 aliphatic carbocycles. The zero-order valence-electron chi connectivity index (χ0n) is 13.9. The number of likely N-dealkylation sites (tertiary alicyclic amines) is 2. The van der Waals surface area contributed by atoms with E-state index in [0.717, 1.165) is 25.2 Å². The first-order valence-electron chi connectivity index (χ1n) is 8.71. The van der Waals surface area contributed by atoms with Crippen LogP contribution in [-0.2, 0) is 11.3 Å². The van der Waals surface area contributed by atoms with Gasteiger partial charge in [-0.15, -0.1) is 0 Å². The van der Waals surface area contributed by atoms with Crippen molar-refractivity contribution < 1.29 is 14.6 Å². The summed E-state index contributed by atoms with van der Waals surface area (Å²) in [7, 11) is 0. The average molecular weight is 353 g/mol. The number of halogens is 1. The van der Waals surface area contributed by atoms with E-state index in [2.05, 4.69) is 9.80 Å². The van der Waals surface area contributed by atoms with Gasteiger partial charge in [0.05, 0.1) is 0 Å². The van der Waals surface area contributed by atoms with Gasteiger partial charge in [0.25, 0.3) is 0 Å². The minimum atomic E-state index is -0.970. The van der Waals surface area contributed by atoms with Crippen LogP contribution in [0.25, 0.3) is 0 Å². The Kier molecular flexibility index (Phi) is 5.98. The number of ether oxygens (including phenoxy) is 1. The van der Waals surface area contributed by atoms with Gasteiger partial charge in [-0.3, -0.25) is 9.80 Å². The largest absolute Gasteiger partial charge is 0.482 e. The van der Waals surface area contributed by atoms with Crippen molar-refractivity contribution in [2.24, 2.45) is 0 Å². The molecule has 1 aromatic carbocycles. The van der Waals surface area contributed by atoms with E-state index >= 15 is 0 Å². The Bertz CT molecular complexity index is 575. The summed E-state index contributed by atoms with van der Waals surface area (Å²) >= 11 is 6.12. The maximum Gasteiger partial charge on any atom is 0.341 e. The molecule has 0 spiro atoms. The molecule has 0 saturated carbocycles. The van der Waals surface area contributed by atoms with Gasteiger partial charge < -0.3 is 9.84 Å². The molecule has 6 heteroatoms. The van der Waals surface area contributed by atoms with Crippen molar-refractivity contribution in [1.29, 1.82) is 0 Å². The second kappa shape index (κ2) is 8.19. The quantitative estimate of drug-likeness (QED) is 0.853. The van der Waals surface area contributed by atoms with Crippen molar-refractivity contribution >= 4 is 17.6 Å². The maximum atomic E-state index is 10.7. The van der Waals surface area contributed by atoms with E-state index in [1.54, 1.807) is 12.1 Å². The number of hydrogen-bond donors (Lipinski definition) is 1. The molecule has 2 aliphatic rings. The molecule has 132 valence electrons. The van der Waals surface area contributed by atoms with Gasteiger partial charge in [-0.1, -0.05) is 18.0 Å². The fraction of sp³-hybridized carbons (Fsp3) is 0.611. The van der Waals surface area contributed by atoms with E-state index in [1.165, 1.54) is 38.8 Å². The van der Waals surface area contributed by atoms with Gasteiger partial charge in [0.2, 0.25) is 0 Å². The van der Waals surface area contributed by atoms with Crippen LogP contribution in [0.5, 0.6) is 5.75 Å². The normalized spacial score (nSPS) is 22.6. The van der Waals surface area contributed by atoms with Crippen molar-refractivity contribution in [1.82, 2.24) is 9.80 Å². The van der Waals surface area contributed by atoms with Crippen LogP contribution in [0.15, 0.2) is 18.2 Å². The highest BCUT2D eigenvalue weighted by atomic mass is 35.5. The van der Waals surface area contributed by atoms with E-state index in [9.17, 15) is 4.79 Å². The first-order chi connectivity index (χ1) is 11.6.